The van der Waals surface area contributed by atoms with Crippen molar-refractivity contribution in [3.05, 3.63) is 53.8 Å². The molecule has 6 heteroatoms. The second kappa shape index (κ2) is 8.59. The first-order valence-corrected chi connectivity index (χ1v) is 8.33. The van der Waals surface area contributed by atoms with E-state index in [1.54, 1.807) is 45.4 Å². The number of rotatable bonds is 7. The molecule has 0 saturated heterocycles. The number of thioether (sulfide) groups is 1. The van der Waals surface area contributed by atoms with Gasteiger partial charge in [0, 0.05) is 11.4 Å². The third kappa shape index (κ3) is 4.64. The van der Waals surface area contributed by atoms with Crippen molar-refractivity contribution in [1.29, 1.82) is 0 Å². The van der Waals surface area contributed by atoms with Crippen molar-refractivity contribution in [2.75, 3.05) is 14.2 Å². The second-order valence-electron chi connectivity index (χ2n) is 5.10. The van der Waals surface area contributed by atoms with Crippen LogP contribution in [0.15, 0.2) is 47.4 Å². The van der Waals surface area contributed by atoms with Gasteiger partial charge < -0.3 is 14.8 Å². The summed E-state index contributed by atoms with van der Waals surface area (Å²) in [4.78, 5) is 12.7. The molecule has 1 amide bonds. The van der Waals surface area contributed by atoms with Gasteiger partial charge in [-0.05, 0) is 36.8 Å². The number of halogens is 1. The molecule has 24 heavy (non-hydrogen) atoms. The Balaban J connectivity index is 1.94. The molecule has 0 bridgehead atoms. The molecule has 0 aliphatic heterocycles. The quantitative estimate of drug-likeness (QED) is 0.776. The predicted molar refractivity (Wildman–Crippen MR) is 93.1 cm³/mol. The van der Waals surface area contributed by atoms with Crippen LogP contribution < -0.4 is 14.8 Å². The SMILES string of the molecule is COc1ccc(CNC(=O)[C@@H](C)Sc2ccccc2F)cc1OC. The molecule has 1 N–H and O–H groups in total. The van der Waals surface area contributed by atoms with E-state index in [-0.39, 0.29) is 11.7 Å². The largest absolute Gasteiger partial charge is 0.493 e. The summed E-state index contributed by atoms with van der Waals surface area (Å²) in [5.41, 5.74) is 0.893. The number of hydrogen-bond donors (Lipinski definition) is 1. The van der Waals surface area contributed by atoms with Gasteiger partial charge in [0.2, 0.25) is 5.91 Å². The first-order valence-electron chi connectivity index (χ1n) is 7.45. The third-order valence-electron chi connectivity index (χ3n) is 3.42. The van der Waals surface area contributed by atoms with Gasteiger partial charge in [-0.2, -0.15) is 0 Å². The van der Waals surface area contributed by atoms with E-state index in [0.29, 0.717) is 22.9 Å². The number of hydrogen-bond acceptors (Lipinski definition) is 4. The van der Waals surface area contributed by atoms with Gasteiger partial charge in [0.05, 0.1) is 19.5 Å². The third-order valence-corrected chi connectivity index (χ3v) is 4.58. The molecule has 4 nitrogen and oxygen atoms in total. The number of ether oxygens (including phenoxy) is 2. The Morgan fingerprint density at radius 1 is 1.17 bits per heavy atom. The molecular weight excluding hydrogens is 329 g/mol. The van der Waals surface area contributed by atoms with Gasteiger partial charge in [-0.3, -0.25) is 4.79 Å². The normalized spacial score (nSPS) is 11.7. The van der Waals surface area contributed by atoms with Crippen molar-refractivity contribution in [1.82, 2.24) is 5.32 Å². The van der Waals surface area contributed by atoms with Crippen LogP contribution in [0.3, 0.4) is 0 Å². The molecule has 0 unspecified atom stereocenters. The molecule has 0 saturated carbocycles. The topological polar surface area (TPSA) is 47.6 Å². The van der Waals surface area contributed by atoms with E-state index < -0.39 is 5.25 Å². The van der Waals surface area contributed by atoms with Gasteiger partial charge in [-0.15, -0.1) is 11.8 Å². The molecule has 1 atom stereocenters. The van der Waals surface area contributed by atoms with Crippen LogP contribution in [0.25, 0.3) is 0 Å². The lowest BCUT2D eigenvalue weighted by atomic mass is 10.2. The van der Waals surface area contributed by atoms with E-state index in [0.717, 1.165) is 5.56 Å². The van der Waals surface area contributed by atoms with Crippen LogP contribution in [0.2, 0.25) is 0 Å². The first kappa shape index (κ1) is 18.1. The summed E-state index contributed by atoms with van der Waals surface area (Å²) in [7, 11) is 3.13. The minimum atomic E-state index is -0.401. The zero-order valence-electron chi connectivity index (χ0n) is 13.8. The summed E-state index contributed by atoms with van der Waals surface area (Å²) in [6, 6.07) is 11.9. The highest BCUT2D eigenvalue weighted by atomic mass is 32.2. The fourth-order valence-electron chi connectivity index (χ4n) is 2.11. The van der Waals surface area contributed by atoms with E-state index in [4.69, 9.17) is 9.47 Å². The van der Waals surface area contributed by atoms with Gasteiger partial charge in [0.1, 0.15) is 5.82 Å². The van der Waals surface area contributed by atoms with Gasteiger partial charge >= 0.3 is 0 Å². The van der Waals surface area contributed by atoms with E-state index in [1.165, 1.54) is 17.8 Å². The molecule has 0 aliphatic carbocycles. The fraction of sp³-hybridized carbons (Fsp3) is 0.278. The smallest absolute Gasteiger partial charge is 0.233 e. The Labute approximate surface area is 145 Å². The maximum Gasteiger partial charge on any atom is 0.233 e. The number of methoxy groups -OCH3 is 2. The van der Waals surface area contributed by atoms with Crippen LogP contribution in [0.5, 0.6) is 11.5 Å². The van der Waals surface area contributed by atoms with Gasteiger partial charge in [-0.1, -0.05) is 18.2 Å². The van der Waals surface area contributed by atoms with Crippen molar-refractivity contribution in [2.24, 2.45) is 0 Å². The zero-order valence-corrected chi connectivity index (χ0v) is 14.7. The number of carbonyl (C=O) groups is 1. The maximum atomic E-state index is 13.6. The highest BCUT2D eigenvalue weighted by molar-refractivity contribution is 8.00. The van der Waals surface area contributed by atoms with Gasteiger partial charge in [-0.25, -0.2) is 4.39 Å². The zero-order chi connectivity index (χ0) is 17.5. The minimum absolute atomic E-state index is 0.155. The Morgan fingerprint density at radius 3 is 2.54 bits per heavy atom. The molecule has 0 radical (unpaired) electrons. The van der Waals surface area contributed by atoms with E-state index in [1.807, 2.05) is 12.1 Å². The molecule has 2 rings (SSSR count). The Hall–Kier alpha value is -2.21. The van der Waals surface area contributed by atoms with Gasteiger partial charge in [0.15, 0.2) is 11.5 Å². The fourth-order valence-corrected chi connectivity index (χ4v) is 3.02. The van der Waals surface area contributed by atoms with Crippen molar-refractivity contribution < 1.29 is 18.7 Å². The number of benzene rings is 2. The van der Waals surface area contributed by atoms with Crippen LogP contribution in [0.4, 0.5) is 4.39 Å². The summed E-state index contributed by atoms with van der Waals surface area (Å²) < 4.78 is 24.1. The summed E-state index contributed by atoms with van der Waals surface area (Å²) in [6.45, 7) is 2.11. The molecule has 0 fully saturated rings. The van der Waals surface area contributed by atoms with Crippen LogP contribution in [0, 0.1) is 5.82 Å². The lowest BCUT2D eigenvalue weighted by molar-refractivity contribution is -0.120. The van der Waals surface area contributed by atoms with Crippen molar-refractivity contribution in [3.63, 3.8) is 0 Å². The predicted octanol–water partition coefficient (Wildman–Crippen LogP) is 3.64. The van der Waals surface area contributed by atoms with Gasteiger partial charge in [0.25, 0.3) is 0 Å². The highest BCUT2D eigenvalue weighted by Gasteiger charge is 2.16. The van der Waals surface area contributed by atoms with Crippen LogP contribution in [-0.2, 0) is 11.3 Å². The van der Waals surface area contributed by atoms with Crippen molar-refractivity contribution in [3.8, 4) is 11.5 Å². The van der Waals surface area contributed by atoms with Crippen LogP contribution >= 0.6 is 11.8 Å². The molecule has 2 aromatic rings. The van der Waals surface area contributed by atoms with E-state index in [2.05, 4.69) is 5.32 Å². The van der Waals surface area contributed by atoms with Crippen LogP contribution in [-0.4, -0.2) is 25.4 Å². The summed E-state index contributed by atoms with van der Waals surface area (Å²) in [6.07, 6.45) is 0. The number of amides is 1. The lowest BCUT2D eigenvalue weighted by Gasteiger charge is -2.13. The average Bonchev–Trinajstić information content (AvgIpc) is 2.61. The Morgan fingerprint density at radius 2 is 1.88 bits per heavy atom. The molecular formula is C18H20FNO3S. The summed E-state index contributed by atoms with van der Waals surface area (Å²) in [5, 5.41) is 2.45. The molecule has 0 aromatic heterocycles. The maximum absolute atomic E-state index is 13.6. The standard InChI is InChI=1S/C18H20FNO3S/c1-12(24-17-7-5-4-6-14(17)19)18(21)20-11-13-8-9-15(22-2)16(10-13)23-3/h4-10,12H,11H2,1-3H3,(H,20,21)/t12-/m1/s1. The van der Waals surface area contributed by atoms with Crippen molar-refractivity contribution in [2.45, 2.75) is 23.6 Å². The Bertz CT molecular complexity index is 708. The monoisotopic (exact) mass is 349 g/mol. The molecule has 128 valence electrons. The molecule has 0 heterocycles. The summed E-state index contributed by atoms with van der Waals surface area (Å²) >= 11 is 1.20. The molecule has 0 aliphatic rings. The van der Waals surface area contributed by atoms with Crippen LogP contribution in [0.1, 0.15) is 12.5 Å². The Kier molecular flexibility index (Phi) is 6.49. The van der Waals surface area contributed by atoms with E-state index >= 15 is 0 Å². The first-order chi connectivity index (χ1) is 11.5. The molecule has 2 aromatic carbocycles. The second-order valence-corrected chi connectivity index (χ2v) is 6.48. The number of nitrogens with one attached hydrogen (secondary N) is 1. The minimum Gasteiger partial charge on any atom is -0.493 e. The highest BCUT2D eigenvalue weighted by Crippen LogP contribution is 2.28. The lowest BCUT2D eigenvalue weighted by Crippen LogP contribution is -2.30. The molecule has 0 spiro atoms. The summed E-state index contributed by atoms with van der Waals surface area (Å²) in [5.74, 6) is 0.772. The number of carbonyl (C=O) groups excluding carboxylic acids is 1. The average molecular weight is 349 g/mol. The van der Waals surface area contributed by atoms with E-state index in [9.17, 15) is 9.18 Å². The van der Waals surface area contributed by atoms with Crippen molar-refractivity contribution >= 4 is 17.7 Å².